The fourth-order valence-corrected chi connectivity index (χ4v) is 3.92. The van der Waals surface area contributed by atoms with Crippen LogP contribution in [0.5, 0.6) is 0 Å². The van der Waals surface area contributed by atoms with Gasteiger partial charge in [-0.1, -0.05) is 18.2 Å². The second-order valence-electron chi connectivity index (χ2n) is 7.41. The number of hydrogen-bond acceptors (Lipinski definition) is 5. The zero-order valence-corrected chi connectivity index (χ0v) is 15.6. The van der Waals surface area contributed by atoms with Gasteiger partial charge < -0.3 is 26.3 Å². The average molecular weight is 388 g/mol. The van der Waals surface area contributed by atoms with Crippen LogP contribution in [0, 0.1) is 0 Å². The van der Waals surface area contributed by atoms with Crippen LogP contribution in [0.1, 0.15) is 16.8 Å². The van der Waals surface area contributed by atoms with Crippen LogP contribution in [-0.4, -0.2) is 44.9 Å². The number of nitrogens with one attached hydrogen (secondary N) is 2. The van der Waals surface area contributed by atoms with Crippen molar-refractivity contribution in [3.63, 3.8) is 0 Å². The van der Waals surface area contributed by atoms with Crippen LogP contribution in [-0.2, 0) is 0 Å². The Kier molecular flexibility index (Phi) is 3.88. The van der Waals surface area contributed by atoms with Crippen molar-refractivity contribution >= 4 is 33.5 Å². The van der Waals surface area contributed by atoms with E-state index >= 15 is 0 Å². The molecule has 1 aliphatic heterocycles. The molecule has 0 aliphatic carbocycles. The fraction of sp³-hybridized carbons (Fsp3) is 0.190. The number of aromatic nitrogens is 3. The van der Waals surface area contributed by atoms with Gasteiger partial charge in [-0.3, -0.25) is 9.59 Å². The number of pyridine rings is 1. The molecular formula is C21H20N6O2. The molecule has 1 aliphatic rings. The summed E-state index contributed by atoms with van der Waals surface area (Å²) in [6.07, 6.45) is 0.812. The minimum atomic E-state index is -0.317. The van der Waals surface area contributed by atoms with E-state index < -0.39 is 0 Å². The summed E-state index contributed by atoms with van der Waals surface area (Å²) in [6, 6.07) is 12.7. The van der Waals surface area contributed by atoms with E-state index in [4.69, 9.17) is 11.5 Å². The third-order valence-electron chi connectivity index (χ3n) is 5.44. The van der Waals surface area contributed by atoms with Gasteiger partial charge in [0.15, 0.2) is 0 Å². The molecule has 0 radical (unpaired) electrons. The molecule has 2 aromatic carbocycles. The van der Waals surface area contributed by atoms with E-state index in [2.05, 4.69) is 15.0 Å². The van der Waals surface area contributed by atoms with E-state index in [9.17, 15) is 9.59 Å². The zero-order valence-electron chi connectivity index (χ0n) is 15.6. The van der Waals surface area contributed by atoms with Crippen molar-refractivity contribution in [3.05, 3.63) is 58.4 Å². The third kappa shape index (κ3) is 2.85. The fourth-order valence-electron chi connectivity index (χ4n) is 3.92. The molecule has 0 bridgehead atoms. The van der Waals surface area contributed by atoms with Gasteiger partial charge in [0.25, 0.3) is 11.5 Å². The van der Waals surface area contributed by atoms with Gasteiger partial charge in [0, 0.05) is 30.1 Å². The first-order valence-corrected chi connectivity index (χ1v) is 9.47. The Bertz CT molecular complexity index is 1320. The Labute approximate surface area is 165 Å². The molecule has 1 saturated heterocycles. The van der Waals surface area contributed by atoms with Gasteiger partial charge in [-0.05, 0) is 30.7 Å². The molecule has 29 heavy (non-hydrogen) atoms. The van der Waals surface area contributed by atoms with E-state index in [1.807, 2.05) is 18.2 Å². The summed E-state index contributed by atoms with van der Waals surface area (Å²) in [7, 11) is 0. The van der Waals surface area contributed by atoms with Crippen molar-refractivity contribution in [2.75, 3.05) is 18.8 Å². The van der Waals surface area contributed by atoms with Crippen molar-refractivity contribution in [2.45, 2.75) is 12.5 Å². The standard InChI is InChI=1S/C21H20N6O2/c22-12-7-8-27(10-12)21(29)11-5-6-15-16(9-11)25-19(24-15)17-18(23)13-3-1-2-4-14(13)26-20(17)28/h1-6,9,12H,7-8,10,22H2,(H,24,25)(H3,23,26,28). The third-order valence-corrected chi connectivity index (χ3v) is 5.44. The smallest absolute Gasteiger partial charge is 0.261 e. The van der Waals surface area contributed by atoms with E-state index in [0.29, 0.717) is 52.3 Å². The zero-order chi connectivity index (χ0) is 20.1. The first kappa shape index (κ1) is 17.4. The quantitative estimate of drug-likeness (QED) is 0.416. The Morgan fingerprint density at radius 2 is 1.97 bits per heavy atom. The molecular weight excluding hydrogens is 368 g/mol. The topological polar surface area (TPSA) is 134 Å². The number of fused-ring (bicyclic) bond motifs is 2. The predicted molar refractivity (Wildman–Crippen MR) is 113 cm³/mol. The number of aromatic amines is 2. The first-order chi connectivity index (χ1) is 14.0. The van der Waals surface area contributed by atoms with Gasteiger partial charge >= 0.3 is 0 Å². The number of para-hydroxylation sites is 1. The molecule has 6 N–H and O–H groups in total. The maximum atomic E-state index is 12.7. The molecule has 8 nitrogen and oxygen atoms in total. The van der Waals surface area contributed by atoms with Crippen molar-refractivity contribution in [1.82, 2.24) is 19.9 Å². The van der Waals surface area contributed by atoms with Gasteiger partial charge in [-0.25, -0.2) is 4.98 Å². The van der Waals surface area contributed by atoms with Gasteiger partial charge in [-0.2, -0.15) is 0 Å². The maximum Gasteiger partial charge on any atom is 0.261 e. The van der Waals surface area contributed by atoms with Crippen LogP contribution in [0.25, 0.3) is 33.3 Å². The molecule has 2 aromatic heterocycles. The Hall–Kier alpha value is -3.65. The number of imidazole rings is 1. The molecule has 3 heterocycles. The lowest BCUT2D eigenvalue weighted by molar-refractivity contribution is 0.0791. The van der Waals surface area contributed by atoms with Crippen molar-refractivity contribution in [3.8, 4) is 11.4 Å². The highest BCUT2D eigenvalue weighted by Gasteiger charge is 2.25. The Morgan fingerprint density at radius 3 is 2.76 bits per heavy atom. The number of anilines is 1. The summed E-state index contributed by atoms with van der Waals surface area (Å²) in [4.78, 5) is 37.6. The van der Waals surface area contributed by atoms with Crippen molar-refractivity contribution < 1.29 is 4.79 Å². The summed E-state index contributed by atoms with van der Waals surface area (Å²) >= 11 is 0. The highest BCUT2D eigenvalue weighted by Crippen LogP contribution is 2.28. The number of nitrogens with zero attached hydrogens (tertiary/aromatic N) is 2. The molecule has 5 rings (SSSR count). The summed E-state index contributed by atoms with van der Waals surface area (Å²) in [5.74, 6) is 0.316. The molecule has 0 spiro atoms. The molecule has 4 aromatic rings. The Balaban J connectivity index is 1.58. The van der Waals surface area contributed by atoms with Crippen molar-refractivity contribution in [2.24, 2.45) is 5.73 Å². The van der Waals surface area contributed by atoms with Crippen LogP contribution < -0.4 is 17.0 Å². The molecule has 8 heteroatoms. The van der Waals surface area contributed by atoms with Gasteiger partial charge in [0.05, 0.1) is 22.2 Å². The number of likely N-dealkylation sites (tertiary alicyclic amines) is 1. The molecule has 0 saturated carbocycles. The van der Waals surface area contributed by atoms with Crippen LogP contribution >= 0.6 is 0 Å². The first-order valence-electron chi connectivity index (χ1n) is 9.47. The van der Waals surface area contributed by atoms with Crippen LogP contribution in [0.4, 0.5) is 5.69 Å². The number of hydrogen-bond donors (Lipinski definition) is 4. The predicted octanol–water partition coefficient (Wildman–Crippen LogP) is 1.83. The number of benzene rings is 2. The van der Waals surface area contributed by atoms with Crippen LogP contribution in [0.2, 0.25) is 0 Å². The van der Waals surface area contributed by atoms with Gasteiger partial charge in [-0.15, -0.1) is 0 Å². The van der Waals surface area contributed by atoms with E-state index in [0.717, 1.165) is 11.8 Å². The molecule has 1 amide bonds. The number of H-pyrrole nitrogens is 2. The molecule has 1 unspecified atom stereocenters. The van der Waals surface area contributed by atoms with Crippen molar-refractivity contribution in [1.29, 1.82) is 0 Å². The monoisotopic (exact) mass is 388 g/mol. The number of nitrogen functional groups attached to an aromatic ring is 1. The molecule has 146 valence electrons. The van der Waals surface area contributed by atoms with Crippen LogP contribution in [0.15, 0.2) is 47.3 Å². The lowest BCUT2D eigenvalue weighted by Crippen LogP contribution is -2.31. The summed E-state index contributed by atoms with van der Waals surface area (Å²) in [5.41, 5.74) is 15.1. The SMILES string of the molecule is Nc1c(-c2nc3ccc(C(=O)N4CCC(N)C4)cc3[nH]2)c(=O)[nH]c2ccccc12. The second kappa shape index (κ2) is 6.46. The van der Waals surface area contributed by atoms with Crippen LogP contribution in [0.3, 0.4) is 0 Å². The second-order valence-corrected chi connectivity index (χ2v) is 7.41. The summed E-state index contributed by atoms with van der Waals surface area (Å²) in [6.45, 7) is 1.23. The van der Waals surface area contributed by atoms with Gasteiger partial charge in [0.1, 0.15) is 11.4 Å². The number of carbonyl (C=O) groups excluding carboxylic acids is 1. The molecule has 1 fully saturated rings. The lowest BCUT2D eigenvalue weighted by atomic mass is 10.1. The number of amides is 1. The van der Waals surface area contributed by atoms with Gasteiger partial charge in [0.2, 0.25) is 0 Å². The van der Waals surface area contributed by atoms with E-state index in [-0.39, 0.29) is 17.5 Å². The average Bonchev–Trinajstić information content (AvgIpc) is 3.33. The summed E-state index contributed by atoms with van der Waals surface area (Å²) in [5, 5.41) is 0.754. The number of rotatable bonds is 2. The lowest BCUT2D eigenvalue weighted by Gasteiger charge is -2.15. The highest BCUT2D eigenvalue weighted by molar-refractivity contribution is 6.00. The highest BCUT2D eigenvalue weighted by atomic mass is 16.2. The minimum absolute atomic E-state index is 0.0315. The minimum Gasteiger partial charge on any atom is -0.397 e. The Morgan fingerprint density at radius 1 is 1.14 bits per heavy atom. The molecule has 1 atom stereocenters. The summed E-state index contributed by atoms with van der Waals surface area (Å²) < 4.78 is 0. The van der Waals surface area contributed by atoms with E-state index in [1.165, 1.54) is 0 Å². The number of nitrogens with two attached hydrogens (primary N) is 2. The largest absolute Gasteiger partial charge is 0.397 e. The number of carbonyl (C=O) groups is 1. The van der Waals surface area contributed by atoms with E-state index in [1.54, 1.807) is 29.2 Å². The maximum absolute atomic E-state index is 12.7. The normalized spacial score (nSPS) is 16.7.